The maximum absolute atomic E-state index is 5.09. The number of hydrogen-bond acceptors (Lipinski definition) is 4. The number of hydrogen-bond donors (Lipinski definition) is 2. The minimum absolute atomic E-state index is 0.446. The van der Waals surface area contributed by atoms with E-state index in [-0.39, 0.29) is 0 Å². The Hall–Kier alpha value is -0.320. The van der Waals surface area contributed by atoms with Crippen LogP contribution in [0.3, 0.4) is 0 Å². The largest absolute Gasteiger partial charge is 0.342 e. The number of aromatic amines is 2. The Labute approximate surface area is 222 Å². The SMILES string of the molecule is CCCCN(CCCC)c1nc(=S)[nH]c(=S)[nH]1.CCCC[P+](CCCC)(CCCC)CCCC. The van der Waals surface area contributed by atoms with Crippen molar-refractivity contribution in [1.82, 2.24) is 15.0 Å². The Kier molecular flexibility index (Phi) is 21.7. The molecule has 1 aromatic rings. The quantitative estimate of drug-likeness (QED) is 0.138. The molecule has 34 heavy (non-hydrogen) atoms. The van der Waals surface area contributed by atoms with Crippen LogP contribution >= 0.6 is 31.7 Å². The average molecular weight is 532 g/mol. The van der Waals surface area contributed by atoms with Crippen LogP contribution in [0.15, 0.2) is 0 Å². The van der Waals surface area contributed by atoms with Gasteiger partial charge in [0, 0.05) is 20.4 Å². The molecule has 2 N–H and O–H groups in total. The van der Waals surface area contributed by atoms with Gasteiger partial charge in [-0.15, -0.1) is 0 Å². The molecule has 0 spiro atoms. The van der Waals surface area contributed by atoms with Crippen LogP contribution < -0.4 is 4.90 Å². The molecule has 7 heteroatoms. The van der Waals surface area contributed by atoms with Crippen LogP contribution in [0, 0.1) is 9.54 Å². The fourth-order valence-electron chi connectivity index (χ4n) is 4.20. The average Bonchev–Trinajstić information content (AvgIpc) is 2.83. The van der Waals surface area contributed by atoms with Crippen molar-refractivity contribution in [2.75, 3.05) is 42.6 Å². The fraction of sp³-hybridized carbons (Fsp3) is 0.889. The molecule has 0 bridgehead atoms. The zero-order valence-electron chi connectivity index (χ0n) is 23.4. The maximum Gasteiger partial charge on any atom is 0.207 e. The molecule has 0 amide bonds. The molecule has 0 radical (unpaired) electrons. The van der Waals surface area contributed by atoms with E-state index in [2.05, 4.69) is 61.4 Å². The Bertz CT molecular complexity index is 631. The standard InChI is InChI=1S/C16H36P.C11H20N4S2/c1-5-9-13-17(14-10-6-2,15-11-7-3)16-12-8-4;1-3-5-7-15(8-6-4-2)9-12-10(16)14-11(17)13-9/h5-16H2,1-4H3;3-8H2,1-2H3,(H2,12,13,14,16,17)/q+1;. The summed E-state index contributed by atoms with van der Waals surface area (Å²) in [5.41, 5.74) is 0. The van der Waals surface area contributed by atoms with Gasteiger partial charge in [-0.1, -0.05) is 80.1 Å². The molecular formula is C27H56N4PS2+. The van der Waals surface area contributed by atoms with Gasteiger partial charge in [-0.3, -0.25) is 0 Å². The first-order valence-electron chi connectivity index (χ1n) is 14.2. The van der Waals surface area contributed by atoms with Crippen LogP contribution in [0.1, 0.15) is 119 Å². The summed E-state index contributed by atoms with van der Waals surface area (Å²) in [7, 11) is -0.562. The normalized spacial score (nSPS) is 11.2. The van der Waals surface area contributed by atoms with Gasteiger partial charge in [-0.2, -0.15) is 4.98 Å². The van der Waals surface area contributed by atoms with E-state index in [1.54, 1.807) is 24.6 Å². The summed E-state index contributed by atoms with van der Waals surface area (Å²) in [6.07, 6.45) is 22.6. The van der Waals surface area contributed by atoms with E-state index in [4.69, 9.17) is 24.4 Å². The first-order valence-corrected chi connectivity index (χ1v) is 17.6. The van der Waals surface area contributed by atoms with Crippen molar-refractivity contribution in [1.29, 1.82) is 0 Å². The van der Waals surface area contributed by atoms with Crippen molar-refractivity contribution in [2.24, 2.45) is 0 Å². The van der Waals surface area contributed by atoms with Crippen LogP contribution in [-0.4, -0.2) is 52.7 Å². The topological polar surface area (TPSA) is 47.7 Å². The third-order valence-corrected chi connectivity index (χ3v) is 11.9. The molecule has 0 atom stereocenters. The number of rotatable bonds is 19. The van der Waals surface area contributed by atoms with Gasteiger partial charge in [-0.25, -0.2) is 0 Å². The van der Waals surface area contributed by atoms with Gasteiger partial charge in [0.1, 0.15) is 0 Å². The molecular weight excluding hydrogens is 475 g/mol. The highest BCUT2D eigenvalue weighted by Crippen LogP contribution is 2.61. The molecule has 0 unspecified atom stereocenters. The highest BCUT2D eigenvalue weighted by Gasteiger charge is 2.34. The van der Waals surface area contributed by atoms with Crippen LogP contribution in [-0.2, 0) is 0 Å². The van der Waals surface area contributed by atoms with Gasteiger partial charge in [0.2, 0.25) is 10.7 Å². The minimum Gasteiger partial charge on any atom is -0.342 e. The van der Waals surface area contributed by atoms with Gasteiger partial charge < -0.3 is 14.9 Å². The van der Waals surface area contributed by atoms with Gasteiger partial charge >= 0.3 is 0 Å². The molecule has 0 aromatic carbocycles. The van der Waals surface area contributed by atoms with Gasteiger partial charge in [0.25, 0.3) is 0 Å². The molecule has 1 rings (SSSR count). The van der Waals surface area contributed by atoms with Gasteiger partial charge in [0.15, 0.2) is 4.77 Å². The second-order valence-electron chi connectivity index (χ2n) is 9.66. The monoisotopic (exact) mass is 531 g/mol. The number of nitrogens with one attached hydrogen (secondary N) is 2. The van der Waals surface area contributed by atoms with E-state index in [1.807, 2.05) is 0 Å². The number of nitrogens with zero attached hydrogens (tertiary/aromatic N) is 2. The second-order valence-corrected chi connectivity index (χ2v) is 14.9. The summed E-state index contributed by atoms with van der Waals surface area (Å²) in [6, 6.07) is 0. The van der Waals surface area contributed by atoms with Crippen molar-refractivity contribution in [3.05, 3.63) is 9.54 Å². The second kappa shape index (κ2) is 21.9. The Morgan fingerprint density at radius 2 is 1.00 bits per heavy atom. The number of aromatic nitrogens is 3. The number of anilines is 1. The van der Waals surface area contributed by atoms with E-state index in [1.165, 1.54) is 64.2 Å². The minimum atomic E-state index is -0.562. The van der Waals surface area contributed by atoms with Crippen molar-refractivity contribution in [3.8, 4) is 0 Å². The van der Waals surface area contributed by atoms with E-state index in [0.29, 0.717) is 9.54 Å². The molecule has 0 fully saturated rings. The predicted molar refractivity (Wildman–Crippen MR) is 163 cm³/mol. The summed E-state index contributed by atoms with van der Waals surface area (Å²) >= 11 is 10.1. The molecule has 0 saturated heterocycles. The lowest BCUT2D eigenvalue weighted by Crippen LogP contribution is -2.27. The van der Waals surface area contributed by atoms with E-state index >= 15 is 0 Å². The Balaban J connectivity index is 0.000000641. The summed E-state index contributed by atoms with van der Waals surface area (Å²) < 4.78 is 0.986. The van der Waals surface area contributed by atoms with Crippen molar-refractivity contribution < 1.29 is 0 Å². The number of unbranched alkanes of at least 4 members (excludes halogenated alkanes) is 6. The lowest BCUT2D eigenvalue weighted by molar-refractivity contribution is 0.659. The van der Waals surface area contributed by atoms with Gasteiger partial charge in [0.05, 0.1) is 24.6 Å². The van der Waals surface area contributed by atoms with E-state index in [9.17, 15) is 0 Å². The lowest BCUT2D eigenvalue weighted by atomic mass is 10.3. The van der Waals surface area contributed by atoms with Crippen molar-refractivity contribution in [2.45, 2.75) is 119 Å². The highest BCUT2D eigenvalue weighted by molar-refractivity contribution is 7.75. The third-order valence-electron chi connectivity index (χ3n) is 6.46. The third kappa shape index (κ3) is 15.6. The summed E-state index contributed by atoms with van der Waals surface area (Å²) in [4.78, 5) is 12.4. The molecule has 0 aliphatic carbocycles. The van der Waals surface area contributed by atoms with Gasteiger partial charge in [-0.05, 0) is 63.0 Å². The number of H-pyrrole nitrogens is 2. The molecule has 200 valence electrons. The molecule has 1 heterocycles. The van der Waals surface area contributed by atoms with Crippen LogP contribution in [0.5, 0.6) is 0 Å². The van der Waals surface area contributed by atoms with Crippen LogP contribution in [0.2, 0.25) is 0 Å². The zero-order chi connectivity index (χ0) is 25.7. The zero-order valence-corrected chi connectivity index (χ0v) is 25.9. The summed E-state index contributed by atoms with van der Waals surface area (Å²) in [5, 5.41) is 0. The van der Waals surface area contributed by atoms with Crippen molar-refractivity contribution in [3.63, 3.8) is 0 Å². The van der Waals surface area contributed by atoms with E-state index in [0.717, 1.165) is 31.9 Å². The molecule has 0 aliphatic heterocycles. The molecule has 1 aromatic heterocycles. The van der Waals surface area contributed by atoms with Crippen LogP contribution in [0.4, 0.5) is 5.95 Å². The van der Waals surface area contributed by atoms with E-state index < -0.39 is 7.26 Å². The summed E-state index contributed by atoms with van der Waals surface area (Å²) in [5.74, 6) is 0.792. The Morgan fingerprint density at radius 1 is 0.618 bits per heavy atom. The fourth-order valence-corrected chi connectivity index (χ4v) is 9.93. The first-order chi connectivity index (χ1) is 16.4. The first kappa shape index (κ1) is 33.7. The smallest absolute Gasteiger partial charge is 0.207 e. The lowest BCUT2D eigenvalue weighted by Gasteiger charge is -2.28. The highest BCUT2D eigenvalue weighted by atomic mass is 32.1. The summed E-state index contributed by atoms with van der Waals surface area (Å²) in [6.45, 7) is 15.8. The van der Waals surface area contributed by atoms with Crippen LogP contribution in [0.25, 0.3) is 0 Å². The predicted octanol–water partition coefficient (Wildman–Crippen LogP) is 9.81. The maximum atomic E-state index is 5.09. The molecule has 0 aliphatic rings. The molecule has 4 nitrogen and oxygen atoms in total. The van der Waals surface area contributed by atoms with Crippen molar-refractivity contribution >= 4 is 37.6 Å². The molecule has 0 saturated carbocycles. The Morgan fingerprint density at radius 3 is 1.32 bits per heavy atom.